The van der Waals surface area contributed by atoms with Crippen LogP contribution in [-0.4, -0.2) is 61.5 Å². The molecule has 0 aliphatic carbocycles. The Morgan fingerprint density at radius 1 is 1.14 bits per heavy atom. The molecule has 5 nitrogen and oxygen atoms in total. The van der Waals surface area contributed by atoms with E-state index in [2.05, 4.69) is 10.6 Å². The second kappa shape index (κ2) is 11.4. The average molecular weight is 422 g/mol. The summed E-state index contributed by atoms with van der Waals surface area (Å²) < 4.78 is 39.9. The maximum absolute atomic E-state index is 13.3. The highest BCUT2D eigenvalue weighted by Crippen LogP contribution is 2.24. The second-order valence-electron chi connectivity index (χ2n) is 6.62. The minimum Gasteiger partial charge on any atom is -0.354 e. The number of nitrogens with one attached hydrogen (secondary N) is 2. The van der Waals surface area contributed by atoms with Gasteiger partial charge in [0.15, 0.2) is 5.78 Å². The van der Waals surface area contributed by atoms with Gasteiger partial charge < -0.3 is 10.6 Å². The lowest BCUT2D eigenvalue weighted by molar-refractivity contribution is -0.184. The van der Waals surface area contributed by atoms with Crippen LogP contribution >= 0.6 is 12.4 Å². The lowest BCUT2D eigenvalue weighted by Crippen LogP contribution is -2.57. The van der Waals surface area contributed by atoms with Gasteiger partial charge in [-0.05, 0) is 12.0 Å². The van der Waals surface area contributed by atoms with E-state index in [1.165, 1.54) is 4.90 Å². The molecule has 0 aromatic heterocycles. The third-order valence-corrected chi connectivity index (χ3v) is 4.73. The molecule has 1 aromatic rings. The molecule has 1 amide bonds. The molecule has 0 bridgehead atoms. The first-order chi connectivity index (χ1) is 12.8. The number of carbonyl (C=O) groups excluding carboxylic acids is 2. The van der Waals surface area contributed by atoms with Crippen LogP contribution in [0.4, 0.5) is 13.2 Å². The number of halogens is 4. The molecule has 9 heteroatoms. The molecule has 1 fully saturated rings. The molecular weight excluding hydrogens is 395 g/mol. The smallest absolute Gasteiger partial charge is 0.354 e. The molecule has 0 spiro atoms. The summed E-state index contributed by atoms with van der Waals surface area (Å²) in [6, 6.07) is 5.43. The van der Waals surface area contributed by atoms with Crippen LogP contribution in [0.1, 0.15) is 35.7 Å². The van der Waals surface area contributed by atoms with E-state index in [1.54, 1.807) is 12.1 Å². The van der Waals surface area contributed by atoms with Crippen molar-refractivity contribution in [1.29, 1.82) is 0 Å². The number of nitrogens with zero attached hydrogens (tertiary/aromatic N) is 1. The maximum Gasteiger partial charge on any atom is 0.405 e. The van der Waals surface area contributed by atoms with Crippen molar-refractivity contribution in [1.82, 2.24) is 15.5 Å². The number of alkyl halides is 3. The lowest BCUT2D eigenvalue weighted by Gasteiger charge is -2.35. The number of hydrogen-bond acceptors (Lipinski definition) is 4. The van der Waals surface area contributed by atoms with Crippen molar-refractivity contribution >= 4 is 24.1 Å². The van der Waals surface area contributed by atoms with Gasteiger partial charge in [-0.25, -0.2) is 0 Å². The summed E-state index contributed by atoms with van der Waals surface area (Å²) >= 11 is 0. The molecule has 0 saturated carbocycles. The van der Waals surface area contributed by atoms with Gasteiger partial charge in [0.1, 0.15) is 6.04 Å². The van der Waals surface area contributed by atoms with E-state index in [-0.39, 0.29) is 44.1 Å². The van der Waals surface area contributed by atoms with E-state index in [4.69, 9.17) is 0 Å². The highest BCUT2D eigenvalue weighted by Gasteiger charge is 2.43. The van der Waals surface area contributed by atoms with Crippen LogP contribution in [0.15, 0.2) is 24.3 Å². The van der Waals surface area contributed by atoms with Gasteiger partial charge in [0.2, 0.25) is 5.91 Å². The van der Waals surface area contributed by atoms with Gasteiger partial charge in [-0.1, -0.05) is 31.2 Å². The Morgan fingerprint density at radius 2 is 1.75 bits per heavy atom. The third kappa shape index (κ3) is 7.41. The van der Waals surface area contributed by atoms with Crippen LogP contribution in [0.25, 0.3) is 0 Å². The zero-order chi connectivity index (χ0) is 19.9. The number of Topliss-reactive ketones (excluding diaryl/α,β-unsaturated/α-hetero) is 1. The Labute approximate surface area is 169 Å². The second-order valence-corrected chi connectivity index (χ2v) is 6.62. The summed E-state index contributed by atoms with van der Waals surface area (Å²) in [5.41, 5.74) is 1.62. The zero-order valence-electron chi connectivity index (χ0n) is 15.8. The Hall–Kier alpha value is -1.64. The van der Waals surface area contributed by atoms with Crippen molar-refractivity contribution in [2.75, 3.05) is 32.7 Å². The molecule has 2 rings (SSSR count). The Kier molecular flexibility index (Phi) is 9.92. The normalized spacial score (nSPS) is 16.1. The maximum atomic E-state index is 13.3. The van der Waals surface area contributed by atoms with Crippen LogP contribution in [-0.2, 0) is 11.2 Å². The minimum absolute atomic E-state index is 0. The summed E-state index contributed by atoms with van der Waals surface area (Å²) in [4.78, 5) is 25.4. The van der Waals surface area contributed by atoms with Crippen molar-refractivity contribution in [3.63, 3.8) is 0 Å². The molecular formula is C19H27ClF3N3O2. The van der Waals surface area contributed by atoms with E-state index in [0.29, 0.717) is 18.7 Å². The van der Waals surface area contributed by atoms with E-state index >= 15 is 0 Å². The number of ketones is 1. The molecule has 28 heavy (non-hydrogen) atoms. The Morgan fingerprint density at radius 3 is 2.29 bits per heavy atom. The highest BCUT2D eigenvalue weighted by atomic mass is 35.5. The Balaban J connectivity index is 0.00000392. The highest BCUT2D eigenvalue weighted by molar-refractivity contribution is 5.97. The first-order valence-electron chi connectivity index (χ1n) is 9.21. The fourth-order valence-electron chi connectivity index (χ4n) is 3.04. The molecule has 1 atom stereocenters. The number of piperazine rings is 1. The number of aryl methyl sites for hydroxylation is 1. The first-order valence-corrected chi connectivity index (χ1v) is 9.21. The molecule has 158 valence electrons. The molecule has 1 saturated heterocycles. The minimum atomic E-state index is -4.42. The van der Waals surface area contributed by atoms with Crippen molar-refractivity contribution < 1.29 is 22.8 Å². The van der Waals surface area contributed by atoms with Crippen molar-refractivity contribution in [2.24, 2.45) is 0 Å². The Bertz CT molecular complexity index is 632. The van der Waals surface area contributed by atoms with Crippen LogP contribution < -0.4 is 10.6 Å². The van der Waals surface area contributed by atoms with Crippen LogP contribution in [0, 0.1) is 0 Å². The molecule has 1 aliphatic heterocycles. The van der Waals surface area contributed by atoms with Gasteiger partial charge in [0.25, 0.3) is 0 Å². The van der Waals surface area contributed by atoms with Gasteiger partial charge in [0, 0.05) is 51.1 Å². The summed E-state index contributed by atoms with van der Waals surface area (Å²) in [5, 5.41) is 5.35. The molecule has 1 heterocycles. The van der Waals surface area contributed by atoms with E-state index in [0.717, 1.165) is 12.0 Å². The zero-order valence-corrected chi connectivity index (χ0v) is 16.7. The van der Waals surface area contributed by atoms with Gasteiger partial charge in [-0.2, -0.15) is 13.2 Å². The van der Waals surface area contributed by atoms with Crippen LogP contribution in [0.5, 0.6) is 0 Å². The predicted octanol–water partition coefficient (Wildman–Crippen LogP) is 2.59. The SMILES string of the molecule is CCc1ccc(C(=O)CCC(=O)NCC(N2CCNCC2)C(F)(F)F)cc1.Cl. The van der Waals surface area contributed by atoms with Gasteiger partial charge in [-0.3, -0.25) is 14.5 Å². The van der Waals surface area contributed by atoms with Gasteiger partial charge in [0.05, 0.1) is 0 Å². The number of rotatable bonds is 8. The first kappa shape index (κ1) is 24.4. The van der Waals surface area contributed by atoms with E-state index in [1.807, 2.05) is 19.1 Å². The van der Waals surface area contributed by atoms with Crippen molar-refractivity contribution in [3.8, 4) is 0 Å². The summed E-state index contributed by atoms with van der Waals surface area (Å²) in [6.45, 7) is 3.06. The van der Waals surface area contributed by atoms with Gasteiger partial charge >= 0.3 is 6.18 Å². The monoisotopic (exact) mass is 421 g/mol. The average Bonchev–Trinajstić information content (AvgIpc) is 2.66. The largest absolute Gasteiger partial charge is 0.405 e. The van der Waals surface area contributed by atoms with Crippen molar-refractivity contribution in [3.05, 3.63) is 35.4 Å². The molecule has 0 radical (unpaired) electrons. The topological polar surface area (TPSA) is 61.4 Å². The number of benzene rings is 1. The summed E-state index contributed by atoms with van der Waals surface area (Å²) in [5.74, 6) is -0.736. The van der Waals surface area contributed by atoms with Crippen LogP contribution in [0.3, 0.4) is 0 Å². The molecule has 1 unspecified atom stereocenters. The predicted molar refractivity (Wildman–Crippen MR) is 104 cm³/mol. The van der Waals surface area contributed by atoms with E-state index in [9.17, 15) is 22.8 Å². The number of hydrogen-bond donors (Lipinski definition) is 2. The lowest BCUT2D eigenvalue weighted by atomic mass is 10.0. The molecule has 2 N–H and O–H groups in total. The standard InChI is InChI=1S/C19H26F3N3O2.ClH/c1-2-14-3-5-15(6-4-14)16(26)7-8-18(27)24-13-17(19(20,21)22)25-11-9-23-10-12-25;/h3-6,17,23H,2,7-13H2,1H3,(H,24,27);1H. The fourth-order valence-corrected chi connectivity index (χ4v) is 3.04. The third-order valence-electron chi connectivity index (χ3n) is 4.73. The number of amides is 1. The molecule has 1 aromatic carbocycles. The fraction of sp³-hybridized carbons (Fsp3) is 0.579. The molecule has 1 aliphatic rings. The van der Waals surface area contributed by atoms with Crippen molar-refractivity contribution in [2.45, 2.75) is 38.4 Å². The summed E-state index contributed by atoms with van der Waals surface area (Å²) in [7, 11) is 0. The summed E-state index contributed by atoms with van der Waals surface area (Å²) in [6.07, 6.45) is -3.70. The van der Waals surface area contributed by atoms with Crippen LogP contribution in [0.2, 0.25) is 0 Å². The van der Waals surface area contributed by atoms with E-state index < -0.39 is 24.7 Å². The quantitative estimate of drug-likeness (QED) is 0.633. The number of carbonyl (C=O) groups is 2. The van der Waals surface area contributed by atoms with Gasteiger partial charge in [-0.15, -0.1) is 12.4 Å².